The molecule has 1 heterocycles. The molecule has 4 heteroatoms. The predicted molar refractivity (Wildman–Crippen MR) is 53.4 cm³/mol. The highest BCUT2D eigenvalue weighted by molar-refractivity contribution is 7.15. The van der Waals surface area contributed by atoms with Crippen molar-refractivity contribution in [2.45, 2.75) is 6.61 Å². The summed E-state index contributed by atoms with van der Waals surface area (Å²) in [6, 6.07) is 6.15. The van der Waals surface area contributed by atoms with Crippen LogP contribution in [0.15, 0.2) is 30.5 Å². The first kappa shape index (κ1) is 9.30. The van der Waals surface area contributed by atoms with Gasteiger partial charge in [0.1, 0.15) is 10.8 Å². The number of aliphatic hydroxyl groups is 1. The summed E-state index contributed by atoms with van der Waals surface area (Å²) >= 11 is 1.41. The lowest BCUT2D eigenvalue weighted by molar-refractivity contribution is 0.285. The van der Waals surface area contributed by atoms with E-state index in [-0.39, 0.29) is 12.4 Å². The molecule has 2 rings (SSSR count). The first-order valence-electron chi connectivity index (χ1n) is 4.11. The molecule has 0 aliphatic carbocycles. The Morgan fingerprint density at radius 1 is 1.29 bits per heavy atom. The maximum atomic E-state index is 12.6. The summed E-state index contributed by atoms with van der Waals surface area (Å²) in [7, 11) is 0. The molecule has 0 amide bonds. The molecular formula is C10H8FNOS. The Morgan fingerprint density at radius 3 is 2.57 bits per heavy atom. The van der Waals surface area contributed by atoms with Crippen LogP contribution in [-0.2, 0) is 6.61 Å². The van der Waals surface area contributed by atoms with Crippen molar-refractivity contribution in [3.8, 4) is 10.6 Å². The Morgan fingerprint density at radius 2 is 2.00 bits per heavy atom. The zero-order valence-corrected chi connectivity index (χ0v) is 8.09. The molecule has 0 radical (unpaired) electrons. The van der Waals surface area contributed by atoms with Crippen LogP contribution in [0.2, 0.25) is 0 Å². The van der Waals surface area contributed by atoms with E-state index in [9.17, 15) is 4.39 Å². The Labute approximate surface area is 84.7 Å². The van der Waals surface area contributed by atoms with Crippen LogP contribution in [0.3, 0.4) is 0 Å². The molecule has 0 aliphatic rings. The van der Waals surface area contributed by atoms with Crippen LogP contribution < -0.4 is 0 Å². The number of halogens is 1. The SMILES string of the molecule is OCc1cnc(-c2ccc(F)cc2)s1. The Balaban J connectivity index is 2.34. The van der Waals surface area contributed by atoms with E-state index in [0.717, 1.165) is 15.4 Å². The number of benzene rings is 1. The molecule has 0 bridgehead atoms. The third-order valence-electron chi connectivity index (χ3n) is 1.80. The van der Waals surface area contributed by atoms with Crippen molar-refractivity contribution < 1.29 is 9.50 Å². The normalized spacial score (nSPS) is 10.4. The molecule has 0 atom stereocenters. The average molecular weight is 209 g/mol. The zero-order chi connectivity index (χ0) is 9.97. The fourth-order valence-corrected chi connectivity index (χ4v) is 1.88. The second-order valence-corrected chi connectivity index (χ2v) is 3.91. The van der Waals surface area contributed by atoms with E-state index in [1.807, 2.05) is 0 Å². The lowest BCUT2D eigenvalue weighted by atomic mass is 10.2. The van der Waals surface area contributed by atoms with Crippen molar-refractivity contribution >= 4 is 11.3 Å². The van der Waals surface area contributed by atoms with Crippen LogP contribution in [0, 0.1) is 5.82 Å². The number of rotatable bonds is 2. The Hall–Kier alpha value is -1.26. The van der Waals surface area contributed by atoms with Crippen molar-refractivity contribution in [3.63, 3.8) is 0 Å². The van der Waals surface area contributed by atoms with Crippen molar-refractivity contribution in [2.75, 3.05) is 0 Å². The summed E-state index contributed by atoms with van der Waals surface area (Å²) in [6.45, 7) is -0.00113. The third kappa shape index (κ3) is 1.81. The van der Waals surface area contributed by atoms with E-state index in [4.69, 9.17) is 5.11 Å². The third-order valence-corrected chi connectivity index (χ3v) is 2.83. The number of nitrogens with zero attached hydrogens (tertiary/aromatic N) is 1. The molecule has 1 aromatic heterocycles. The largest absolute Gasteiger partial charge is 0.391 e. The zero-order valence-electron chi connectivity index (χ0n) is 7.27. The molecule has 0 aliphatic heterocycles. The van der Waals surface area contributed by atoms with Gasteiger partial charge < -0.3 is 5.11 Å². The van der Waals surface area contributed by atoms with Crippen molar-refractivity contribution in [1.82, 2.24) is 4.98 Å². The van der Waals surface area contributed by atoms with Crippen molar-refractivity contribution in [3.05, 3.63) is 41.2 Å². The minimum Gasteiger partial charge on any atom is -0.391 e. The van der Waals surface area contributed by atoms with Crippen LogP contribution in [0.4, 0.5) is 4.39 Å². The van der Waals surface area contributed by atoms with Gasteiger partial charge in [0.15, 0.2) is 0 Å². The summed E-state index contributed by atoms with van der Waals surface area (Å²) < 4.78 is 12.6. The van der Waals surface area contributed by atoms with Gasteiger partial charge in [-0.15, -0.1) is 11.3 Å². The van der Waals surface area contributed by atoms with Gasteiger partial charge in [-0.2, -0.15) is 0 Å². The topological polar surface area (TPSA) is 33.1 Å². The van der Waals surface area contributed by atoms with Crippen LogP contribution in [-0.4, -0.2) is 10.1 Å². The van der Waals surface area contributed by atoms with Crippen LogP contribution >= 0.6 is 11.3 Å². The molecule has 0 saturated heterocycles. The van der Waals surface area contributed by atoms with E-state index < -0.39 is 0 Å². The number of hydrogen-bond acceptors (Lipinski definition) is 3. The lowest BCUT2D eigenvalue weighted by Gasteiger charge is -1.94. The quantitative estimate of drug-likeness (QED) is 0.824. The molecule has 2 aromatic rings. The molecule has 1 aromatic carbocycles. The number of thiazole rings is 1. The number of aromatic nitrogens is 1. The molecule has 0 unspecified atom stereocenters. The van der Waals surface area contributed by atoms with Gasteiger partial charge in [0.25, 0.3) is 0 Å². The minimum absolute atomic E-state index is 0.00113. The molecule has 0 saturated carbocycles. The van der Waals surface area contributed by atoms with E-state index in [0.29, 0.717) is 0 Å². The first-order chi connectivity index (χ1) is 6.79. The van der Waals surface area contributed by atoms with Gasteiger partial charge in [0.2, 0.25) is 0 Å². The summed E-state index contributed by atoms with van der Waals surface area (Å²) in [5.74, 6) is -0.257. The standard InChI is InChI=1S/C10H8FNOS/c11-8-3-1-7(2-4-8)10-12-5-9(6-13)14-10/h1-5,13H,6H2. The summed E-state index contributed by atoms with van der Waals surface area (Å²) in [4.78, 5) is 4.93. The number of hydrogen-bond donors (Lipinski definition) is 1. The average Bonchev–Trinajstić information content (AvgIpc) is 2.67. The van der Waals surface area contributed by atoms with Gasteiger partial charge in [-0.25, -0.2) is 9.37 Å². The highest BCUT2D eigenvalue weighted by Crippen LogP contribution is 2.24. The highest BCUT2D eigenvalue weighted by Gasteiger charge is 2.03. The first-order valence-corrected chi connectivity index (χ1v) is 4.93. The minimum atomic E-state index is -0.257. The maximum Gasteiger partial charge on any atom is 0.123 e. The predicted octanol–water partition coefficient (Wildman–Crippen LogP) is 2.44. The summed E-state index contributed by atoms with van der Waals surface area (Å²) in [5, 5.41) is 9.65. The van der Waals surface area contributed by atoms with Crippen molar-refractivity contribution in [2.24, 2.45) is 0 Å². The van der Waals surface area contributed by atoms with Gasteiger partial charge in [-0.1, -0.05) is 0 Å². The highest BCUT2D eigenvalue weighted by atomic mass is 32.1. The van der Waals surface area contributed by atoms with Gasteiger partial charge in [-0.05, 0) is 24.3 Å². The molecule has 2 nitrogen and oxygen atoms in total. The van der Waals surface area contributed by atoms with Gasteiger partial charge in [-0.3, -0.25) is 0 Å². The van der Waals surface area contributed by atoms with Crippen LogP contribution in [0.5, 0.6) is 0 Å². The number of aliphatic hydroxyl groups excluding tert-OH is 1. The maximum absolute atomic E-state index is 12.6. The van der Waals surface area contributed by atoms with Crippen molar-refractivity contribution in [1.29, 1.82) is 0 Å². The second kappa shape index (κ2) is 3.86. The van der Waals surface area contributed by atoms with E-state index in [1.165, 1.54) is 23.5 Å². The van der Waals surface area contributed by atoms with E-state index in [2.05, 4.69) is 4.98 Å². The molecule has 72 valence electrons. The van der Waals surface area contributed by atoms with E-state index >= 15 is 0 Å². The summed E-state index contributed by atoms with van der Waals surface area (Å²) in [5.41, 5.74) is 0.871. The molecule has 1 N–H and O–H groups in total. The van der Waals surface area contributed by atoms with E-state index in [1.54, 1.807) is 18.3 Å². The van der Waals surface area contributed by atoms with Gasteiger partial charge in [0.05, 0.1) is 11.5 Å². The van der Waals surface area contributed by atoms with Gasteiger partial charge >= 0.3 is 0 Å². The fraction of sp³-hybridized carbons (Fsp3) is 0.100. The van der Waals surface area contributed by atoms with Crippen LogP contribution in [0.25, 0.3) is 10.6 Å². The Kier molecular flexibility index (Phi) is 2.56. The molecule has 0 fully saturated rings. The fourth-order valence-electron chi connectivity index (χ4n) is 1.11. The molecular weight excluding hydrogens is 201 g/mol. The monoisotopic (exact) mass is 209 g/mol. The lowest BCUT2D eigenvalue weighted by Crippen LogP contribution is -1.76. The van der Waals surface area contributed by atoms with Gasteiger partial charge in [0, 0.05) is 11.8 Å². The second-order valence-electron chi connectivity index (χ2n) is 2.80. The Bertz CT molecular complexity index is 424. The van der Waals surface area contributed by atoms with Crippen LogP contribution in [0.1, 0.15) is 4.88 Å². The summed E-state index contributed by atoms with van der Waals surface area (Å²) in [6.07, 6.45) is 1.63. The molecule has 14 heavy (non-hydrogen) atoms. The molecule has 0 spiro atoms. The smallest absolute Gasteiger partial charge is 0.123 e.